The summed E-state index contributed by atoms with van der Waals surface area (Å²) >= 11 is 0. The maximum atomic E-state index is 10.3. The third-order valence-electron chi connectivity index (χ3n) is 4.04. The van der Waals surface area contributed by atoms with E-state index in [-0.39, 0.29) is 0 Å². The lowest BCUT2D eigenvalue weighted by atomic mass is 9.96. The molecule has 0 aliphatic carbocycles. The van der Waals surface area contributed by atoms with Crippen molar-refractivity contribution < 1.29 is 5.11 Å². The summed E-state index contributed by atoms with van der Waals surface area (Å²) in [5.41, 5.74) is 2.85. The van der Waals surface area contributed by atoms with Gasteiger partial charge < -0.3 is 5.11 Å². The van der Waals surface area contributed by atoms with E-state index in [1.807, 2.05) is 43.3 Å². The third-order valence-corrected chi connectivity index (χ3v) is 4.04. The number of hydrogen-bond donors (Lipinski definition) is 1. The van der Waals surface area contributed by atoms with Crippen molar-refractivity contribution in [3.8, 4) is 0 Å². The Kier molecular flexibility index (Phi) is 2.66. The van der Waals surface area contributed by atoms with Crippen LogP contribution in [0.5, 0.6) is 0 Å². The van der Waals surface area contributed by atoms with Gasteiger partial charge in [-0.25, -0.2) is 4.98 Å². The van der Waals surface area contributed by atoms with Gasteiger partial charge >= 0.3 is 0 Å². The maximum Gasteiger partial charge on any atom is 0.0791 e. The molecule has 1 atom stereocenters. The van der Waals surface area contributed by atoms with E-state index >= 15 is 0 Å². The van der Waals surface area contributed by atoms with Gasteiger partial charge in [0, 0.05) is 16.2 Å². The number of rotatable bonds is 1. The van der Waals surface area contributed by atoms with Gasteiger partial charge in [-0.05, 0) is 23.9 Å². The SMILES string of the molecule is CC(O)c1c2ccccc2nc2c1ccc1ccccc12. The molecule has 0 radical (unpaired) electrons. The molecule has 0 aliphatic rings. The van der Waals surface area contributed by atoms with Crippen LogP contribution in [0.1, 0.15) is 18.6 Å². The molecule has 0 fully saturated rings. The van der Waals surface area contributed by atoms with Gasteiger partial charge in [0.05, 0.1) is 17.1 Å². The molecule has 1 aromatic heterocycles. The first-order chi connectivity index (χ1) is 10.3. The van der Waals surface area contributed by atoms with Crippen molar-refractivity contribution in [1.29, 1.82) is 0 Å². The van der Waals surface area contributed by atoms with E-state index in [0.29, 0.717) is 0 Å². The first-order valence-corrected chi connectivity index (χ1v) is 7.14. The van der Waals surface area contributed by atoms with Crippen LogP contribution in [0.2, 0.25) is 0 Å². The summed E-state index contributed by atoms with van der Waals surface area (Å²) in [5.74, 6) is 0. The molecule has 4 aromatic rings. The molecule has 1 unspecified atom stereocenters. The normalized spacial score (nSPS) is 13.0. The summed E-state index contributed by atoms with van der Waals surface area (Å²) in [5, 5.41) is 14.6. The second-order valence-corrected chi connectivity index (χ2v) is 5.40. The third kappa shape index (κ3) is 1.80. The molecule has 0 spiro atoms. The Morgan fingerprint density at radius 3 is 2.33 bits per heavy atom. The van der Waals surface area contributed by atoms with Crippen LogP contribution in [0.3, 0.4) is 0 Å². The molecule has 3 aromatic carbocycles. The van der Waals surface area contributed by atoms with Crippen LogP contribution in [0.15, 0.2) is 60.7 Å². The highest BCUT2D eigenvalue weighted by Crippen LogP contribution is 2.34. The van der Waals surface area contributed by atoms with Crippen LogP contribution in [-0.4, -0.2) is 10.1 Å². The molecule has 0 bridgehead atoms. The minimum Gasteiger partial charge on any atom is -0.389 e. The lowest BCUT2D eigenvalue weighted by molar-refractivity contribution is 0.202. The predicted molar refractivity (Wildman–Crippen MR) is 87.4 cm³/mol. The minimum absolute atomic E-state index is 0.526. The highest BCUT2D eigenvalue weighted by Gasteiger charge is 2.14. The van der Waals surface area contributed by atoms with E-state index in [0.717, 1.165) is 32.8 Å². The van der Waals surface area contributed by atoms with Crippen molar-refractivity contribution in [2.45, 2.75) is 13.0 Å². The number of benzene rings is 3. The molecule has 0 saturated heterocycles. The molecular weight excluding hydrogens is 258 g/mol. The van der Waals surface area contributed by atoms with Crippen molar-refractivity contribution in [3.05, 3.63) is 66.2 Å². The van der Waals surface area contributed by atoms with Crippen molar-refractivity contribution >= 4 is 32.6 Å². The summed E-state index contributed by atoms with van der Waals surface area (Å²) < 4.78 is 0. The van der Waals surface area contributed by atoms with E-state index in [4.69, 9.17) is 4.98 Å². The van der Waals surface area contributed by atoms with E-state index in [2.05, 4.69) is 24.3 Å². The standard InChI is InChI=1S/C19H15NO/c1-12(21)18-15-8-4-5-9-17(15)20-19-14-7-3-2-6-13(14)10-11-16(18)19/h2-12,21H,1H3. The Morgan fingerprint density at radius 2 is 1.52 bits per heavy atom. The Bertz CT molecular complexity index is 973. The summed E-state index contributed by atoms with van der Waals surface area (Å²) in [6.07, 6.45) is -0.526. The van der Waals surface area contributed by atoms with Crippen LogP contribution in [0.25, 0.3) is 32.6 Å². The number of hydrogen-bond acceptors (Lipinski definition) is 2. The number of aliphatic hydroxyl groups is 1. The lowest BCUT2D eigenvalue weighted by Gasteiger charge is -2.14. The van der Waals surface area contributed by atoms with Crippen molar-refractivity contribution in [2.24, 2.45) is 0 Å². The largest absolute Gasteiger partial charge is 0.389 e. The molecular formula is C19H15NO. The topological polar surface area (TPSA) is 33.1 Å². The van der Waals surface area contributed by atoms with Gasteiger partial charge in [0.25, 0.3) is 0 Å². The van der Waals surface area contributed by atoms with E-state index in [1.165, 1.54) is 5.39 Å². The van der Waals surface area contributed by atoms with Crippen LogP contribution in [-0.2, 0) is 0 Å². The number of fused-ring (bicyclic) bond motifs is 4. The van der Waals surface area contributed by atoms with Gasteiger partial charge in [0.1, 0.15) is 0 Å². The zero-order valence-electron chi connectivity index (χ0n) is 11.7. The van der Waals surface area contributed by atoms with Gasteiger partial charge in [-0.15, -0.1) is 0 Å². The Hall–Kier alpha value is -2.45. The fourth-order valence-corrected chi connectivity index (χ4v) is 3.11. The van der Waals surface area contributed by atoms with Gasteiger partial charge in [0.15, 0.2) is 0 Å². The average molecular weight is 273 g/mol. The molecule has 1 heterocycles. The fourth-order valence-electron chi connectivity index (χ4n) is 3.11. The van der Waals surface area contributed by atoms with Crippen LogP contribution >= 0.6 is 0 Å². The van der Waals surface area contributed by atoms with Gasteiger partial charge in [-0.1, -0.05) is 54.6 Å². The lowest BCUT2D eigenvalue weighted by Crippen LogP contribution is -1.97. The smallest absolute Gasteiger partial charge is 0.0791 e. The summed E-state index contributed by atoms with van der Waals surface area (Å²) in [6, 6.07) is 20.4. The highest BCUT2D eigenvalue weighted by molar-refractivity contribution is 6.10. The second-order valence-electron chi connectivity index (χ2n) is 5.40. The Balaban J connectivity index is 2.30. The molecule has 2 nitrogen and oxygen atoms in total. The van der Waals surface area contributed by atoms with E-state index in [9.17, 15) is 5.11 Å². The van der Waals surface area contributed by atoms with Crippen molar-refractivity contribution in [1.82, 2.24) is 4.98 Å². The molecule has 4 rings (SSSR count). The summed E-state index contributed by atoms with van der Waals surface area (Å²) in [6.45, 7) is 1.82. The van der Waals surface area contributed by atoms with Crippen molar-refractivity contribution in [3.63, 3.8) is 0 Å². The maximum absolute atomic E-state index is 10.3. The average Bonchev–Trinajstić information content (AvgIpc) is 2.52. The van der Waals surface area contributed by atoms with Crippen LogP contribution < -0.4 is 0 Å². The van der Waals surface area contributed by atoms with E-state index in [1.54, 1.807) is 0 Å². The molecule has 0 saturated carbocycles. The van der Waals surface area contributed by atoms with Crippen LogP contribution in [0.4, 0.5) is 0 Å². The number of aromatic nitrogens is 1. The zero-order valence-corrected chi connectivity index (χ0v) is 11.7. The van der Waals surface area contributed by atoms with E-state index < -0.39 is 6.10 Å². The molecule has 1 N–H and O–H groups in total. The van der Waals surface area contributed by atoms with Crippen molar-refractivity contribution in [2.75, 3.05) is 0 Å². The number of nitrogens with zero attached hydrogens (tertiary/aromatic N) is 1. The van der Waals surface area contributed by atoms with Gasteiger partial charge in [-0.2, -0.15) is 0 Å². The number of para-hydroxylation sites is 1. The quantitative estimate of drug-likeness (QED) is 0.406. The Morgan fingerprint density at radius 1 is 0.810 bits per heavy atom. The van der Waals surface area contributed by atoms with Gasteiger partial charge in [-0.3, -0.25) is 0 Å². The monoisotopic (exact) mass is 273 g/mol. The predicted octanol–water partition coefficient (Wildman–Crippen LogP) is 4.59. The molecule has 21 heavy (non-hydrogen) atoms. The minimum atomic E-state index is -0.526. The Labute approximate surface area is 122 Å². The second kappa shape index (κ2) is 4.54. The molecule has 0 aliphatic heterocycles. The number of pyridine rings is 1. The molecule has 102 valence electrons. The van der Waals surface area contributed by atoms with Crippen LogP contribution in [0, 0.1) is 0 Å². The van der Waals surface area contributed by atoms with Gasteiger partial charge in [0.2, 0.25) is 0 Å². The first-order valence-electron chi connectivity index (χ1n) is 7.14. The summed E-state index contributed by atoms with van der Waals surface area (Å²) in [7, 11) is 0. The number of aliphatic hydroxyl groups excluding tert-OH is 1. The highest BCUT2D eigenvalue weighted by atomic mass is 16.3. The molecule has 2 heteroatoms. The summed E-state index contributed by atoms with van der Waals surface area (Å²) in [4.78, 5) is 4.84. The first kappa shape index (κ1) is 12.3. The fraction of sp³-hybridized carbons (Fsp3) is 0.105. The zero-order chi connectivity index (χ0) is 14.4. The molecule has 0 amide bonds.